The van der Waals surface area contributed by atoms with Crippen molar-refractivity contribution < 1.29 is 23.4 Å². The van der Waals surface area contributed by atoms with E-state index in [-0.39, 0.29) is 0 Å². The molecule has 0 atom stereocenters. The second-order valence-corrected chi connectivity index (χ2v) is 7.66. The summed E-state index contributed by atoms with van der Waals surface area (Å²) in [5.41, 5.74) is 3.46. The molecule has 2 aromatic carbocycles. The Morgan fingerprint density at radius 1 is 0.758 bits per heavy atom. The third-order valence-corrected chi connectivity index (χ3v) is 5.11. The van der Waals surface area contributed by atoms with E-state index in [1.165, 1.54) is 11.1 Å². The van der Waals surface area contributed by atoms with Gasteiger partial charge in [0.1, 0.15) is 11.3 Å². The summed E-state index contributed by atoms with van der Waals surface area (Å²) < 4.78 is 22.4. The molecule has 1 aromatic heterocycles. The summed E-state index contributed by atoms with van der Waals surface area (Å²) in [7, 11) is 0. The van der Waals surface area contributed by atoms with Crippen molar-refractivity contribution in [2.45, 2.75) is 19.4 Å². The summed E-state index contributed by atoms with van der Waals surface area (Å²) in [4.78, 5) is 10.1. The Kier molecular flexibility index (Phi) is 11.5. The number of carbonyl (C=O) groups excluding carboxylic acids is 1. The molecule has 0 aliphatic heterocycles. The average Bonchev–Trinajstić information content (AvgIpc) is 3.26. The van der Waals surface area contributed by atoms with E-state index in [4.69, 9.17) is 18.6 Å². The Bertz CT molecular complexity index is 929. The minimum Gasteiger partial charge on any atom is -0.461 e. The number of nitrogens with one attached hydrogen (secondary N) is 2. The molecular formula is C26H34N2O5. The molecule has 1 amide bonds. The number of amides is 1. The molecule has 2 N–H and O–H groups in total. The molecule has 0 aliphatic carbocycles. The van der Waals surface area contributed by atoms with Crippen molar-refractivity contribution in [1.82, 2.24) is 10.6 Å². The number of furan rings is 1. The summed E-state index contributed by atoms with van der Waals surface area (Å²) in [6.07, 6.45) is 2.54. The number of aryl methyl sites for hydroxylation is 2. The van der Waals surface area contributed by atoms with Gasteiger partial charge in [0.25, 0.3) is 0 Å². The average molecular weight is 455 g/mol. The van der Waals surface area contributed by atoms with Crippen molar-refractivity contribution in [2.24, 2.45) is 0 Å². The molecule has 0 radical (unpaired) electrons. The fraction of sp³-hybridized carbons (Fsp3) is 0.423. The minimum atomic E-state index is 0.493. The van der Waals surface area contributed by atoms with Crippen molar-refractivity contribution in [3.63, 3.8) is 0 Å². The monoisotopic (exact) mass is 454 g/mol. The van der Waals surface area contributed by atoms with Gasteiger partial charge in [0.2, 0.25) is 6.41 Å². The molecular weight excluding hydrogens is 420 g/mol. The van der Waals surface area contributed by atoms with E-state index in [1.807, 2.05) is 6.07 Å². The highest BCUT2D eigenvalue weighted by Crippen LogP contribution is 2.22. The number of hydrogen-bond donors (Lipinski definition) is 2. The highest BCUT2D eigenvalue weighted by atomic mass is 16.5. The molecule has 0 aliphatic rings. The molecule has 7 heteroatoms. The van der Waals surface area contributed by atoms with Crippen LogP contribution in [0.3, 0.4) is 0 Å². The maximum atomic E-state index is 10.1. The van der Waals surface area contributed by atoms with Crippen molar-refractivity contribution in [3.8, 4) is 0 Å². The lowest BCUT2D eigenvalue weighted by Crippen LogP contribution is -2.21. The third-order valence-electron chi connectivity index (χ3n) is 5.11. The van der Waals surface area contributed by atoms with Gasteiger partial charge in [-0.25, -0.2) is 0 Å². The zero-order valence-corrected chi connectivity index (χ0v) is 19.1. The van der Waals surface area contributed by atoms with E-state index in [0.717, 1.165) is 42.7 Å². The van der Waals surface area contributed by atoms with Gasteiger partial charge in [-0.15, -0.1) is 0 Å². The van der Waals surface area contributed by atoms with Gasteiger partial charge < -0.3 is 29.3 Å². The fourth-order valence-electron chi connectivity index (χ4n) is 3.38. The maximum absolute atomic E-state index is 10.1. The van der Waals surface area contributed by atoms with E-state index < -0.39 is 0 Å². The van der Waals surface area contributed by atoms with Gasteiger partial charge in [0.05, 0.1) is 39.6 Å². The van der Waals surface area contributed by atoms with Crippen LogP contribution in [-0.2, 0) is 38.4 Å². The lowest BCUT2D eigenvalue weighted by molar-refractivity contribution is -0.109. The van der Waals surface area contributed by atoms with Crippen LogP contribution in [-0.4, -0.2) is 59.1 Å². The molecule has 0 bridgehead atoms. The van der Waals surface area contributed by atoms with Crippen molar-refractivity contribution >= 4 is 17.4 Å². The molecule has 3 rings (SSSR count). The van der Waals surface area contributed by atoms with Crippen LogP contribution < -0.4 is 10.6 Å². The number of fused-ring (bicyclic) bond motifs is 1. The standard InChI is InChI=1S/C26H34N2O5/c29-21-28-11-13-31-15-17-32-16-14-30-12-10-27-20-23-6-8-24-19-25(33-26(24)18-23)9-7-22-4-2-1-3-5-22/h1-6,8,18-19,21,27H,7,9-17,20H2,(H,28,29). The van der Waals surface area contributed by atoms with E-state index in [1.54, 1.807) is 0 Å². The Morgan fingerprint density at radius 2 is 1.48 bits per heavy atom. The molecule has 178 valence electrons. The Labute approximate surface area is 195 Å². The number of carbonyl (C=O) groups is 1. The first-order valence-electron chi connectivity index (χ1n) is 11.5. The van der Waals surface area contributed by atoms with E-state index in [9.17, 15) is 4.79 Å². The zero-order valence-electron chi connectivity index (χ0n) is 19.1. The SMILES string of the molecule is O=CNCCOCCOCCOCCNCc1ccc2cc(CCc3ccccc3)oc2c1. The van der Waals surface area contributed by atoms with Gasteiger partial charge in [-0.1, -0.05) is 42.5 Å². The van der Waals surface area contributed by atoms with Gasteiger partial charge in [0, 0.05) is 31.4 Å². The van der Waals surface area contributed by atoms with Gasteiger partial charge in [-0.2, -0.15) is 0 Å². The van der Waals surface area contributed by atoms with E-state index in [0.29, 0.717) is 52.6 Å². The fourth-order valence-corrected chi connectivity index (χ4v) is 3.38. The predicted octanol–water partition coefficient (Wildman–Crippen LogP) is 3.10. The van der Waals surface area contributed by atoms with Gasteiger partial charge in [-0.3, -0.25) is 4.79 Å². The topological polar surface area (TPSA) is 82.0 Å². The molecule has 0 fully saturated rings. The third kappa shape index (κ3) is 9.75. The molecule has 0 spiro atoms. The molecule has 1 heterocycles. The van der Waals surface area contributed by atoms with Crippen molar-refractivity contribution in [1.29, 1.82) is 0 Å². The Hall–Kier alpha value is -2.71. The number of ether oxygens (including phenoxy) is 3. The summed E-state index contributed by atoms with van der Waals surface area (Å²) in [5.74, 6) is 1.02. The smallest absolute Gasteiger partial charge is 0.207 e. The summed E-state index contributed by atoms with van der Waals surface area (Å²) in [6.45, 7) is 5.30. The van der Waals surface area contributed by atoms with Crippen LogP contribution in [0, 0.1) is 0 Å². The lowest BCUT2D eigenvalue weighted by Gasteiger charge is -2.08. The first-order valence-corrected chi connectivity index (χ1v) is 11.5. The summed E-state index contributed by atoms with van der Waals surface area (Å²) >= 11 is 0. The van der Waals surface area contributed by atoms with Crippen LogP contribution in [0.15, 0.2) is 59.0 Å². The first kappa shape index (κ1) is 24.9. The molecule has 3 aromatic rings. The van der Waals surface area contributed by atoms with Crippen LogP contribution in [0.5, 0.6) is 0 Å². The largest absolute Gasteiger partial charge is 0.461 e. The van der Waals surface area contributed by atoms with Crippen LogP contribution in [0.2, 0.25) is 0 Å². The van der Waals surface area contributed by atoms with E-state index in [2.05, 4.69) is 59.2 Å². The number of benzene rings is 2. The summed E-state index contributed by atoms with van der Waals surface area (Å²) in [6, 6.07) is 19.0. The van der Waals surface area contributed by atoms with Crippen molar-refractivity contribution in [2.75, 3.05) is 52.7 Å². The number of rotatable bonds is 18. The molecule has 0 unspecified atom stereocenters. The Morgan fingerprint density at radius 3 is 2.24 bits per heavy atom. The molecule has 0 saturated heterocycles. The number of hydrogen-bond acceptors (Lipinski definition) is 6. The van der Waals surface area contributed by atoms with Crippen molar-refractivity contribution in [3.05, 3.63) is 71.5 Å². The maximum Gasteiger partial charge on any atom is 0.207 e. The molecule has 0 saturated carbocycles. The highest BCUT2D eigenvalue weighted by Gasteiger charge is 2.05. The Balaban J connectivity index is 1.23. The normalized spacial score (nSPS) is 11.2. The summed E-state index contributed by atoms with van der Waals surface area (Å²) in [5, 5.41) is 7.08. The van der Waals surface area contributed by atoms with E-state index >= 15 is 0 Å². The molecule has 7 nitrogen and oxygen atoms in total. The quantitative estimate of drug-likeness (QED) is 0.227. The van der Waals surface area contributed by atoms with Crippen LogP contribution in [0.4, 0.5) is 0 Å². The van der Waals surface area contributed by atoms with Crippen LogP contribution in [0.25, 0.3) is 11.0 Å². The predicted molar refractivity (Wildman–Crippen MR) is 128 cm³/mol. The minimum absolute atomic E-state index is 0.493. The second kappa shape index (κ2) is 15.2. The highest BCUT2D eigenvalue weighted by molar-refractivity contribution is 5.78. The first-order chi connectivity index (χ1) is 16.3. The van der Waals surface area contributed by atoms with Gasteiger partial charge >= 0.3 is 0 Å². The van der Waals surface area contributed by atoms with Crippen LogP contribution >= 0.6 is 0 Å². The van der Waals surface area contributed by atoms with Crippen LogP contribution in [0.1, 0.15) is 16.9 Å². The van der Waals surface area contributed by atoms with Gasteiger partial charge in [-0.05, 0) is 29.7 Å². The second-order valence-electron chi connectivity index (χ2n) is 7.66. The zero-order chi connectivity index (χ0) is 23.0. The molecule has 33 heavy (non-hydrogen) atoms. The lowest BCUT2D eigenvalue weighted by atomic mass is 10.1. The van der Waals surface area contributed by atoms with Gasteiger partial charge in [0.15, 0.2) is 0 Å².